The molecule has 4 heteroatoms. The molecule has 0 aliphatic carbocycles. The smallest absolute Gasteiger partial charge is 0.243 e. The van der Waals surface area contributed by atoms with Crippen molar-refractivity contribution in [2.24, 2.45) is 0 Å². The first kappa shape index (κ1) is 13.7. The van der Waals surface area contributed by atoms with Crippen LogP contribution in [0.3, 0.4) is 0 Å². The third kappa shape index (κ3) is 4.62. The van der Waals surface area contributed by atoms with Crippen LogP contribution in [0.25, 0.3) is 6.08 Å². The number of rotatable bonds is 5. The number of phenols is 2. The van der Waals surface area contributed by atoms with Crippen LogP contribution in [0.2, 0.25) is 0 Å². The molecular formula is C14H15NO3. The van der Waals surface area contributed by atoms with Crippen LogP contribution in [-0.2, 0) is 4.79 Å². The summed E-state index contributed by atoms with van der Waals surface area (Å²) in [5, 5.41) is 21.1. The molecule has 0 aromatic heterocycles. The zero-order chi connectivity index (χ0) is 13.4. The summed E-state index contributed by atoms with van der Waals surface area (Å²) in [5.74, 6) is 1.86. The highest BCUT2D eigenvalue weighted by Crippen LogP contribution is 2.25. The van der Waals surface area contributed by atoms with Crippen molar-refractivity contribution in [2.45, 2.75) is 12.8 Å². The zero-order valence-electron chi connectivity index (χ0n) is 9.89. The molecule has 0 spiro atoms. The molecule has 0 heterocycles. The largest absolute Gasteiger partial charge is 0.504 e. The van der Waals surface area contributed by atoms with Crippen LogP contribution in [0.5, 0.6) is 11.5 Å². The highest BCUT2D eigenvalue weighted by atomic mass is 16.3. The van der Waals surface area contributed by atoms with Crippen molar-refractivity contribution < 1.29 is 15.0 Å². The number of carbonyl (C=O) groups is 1. The number of unbranched alkanes of at least 4 members (excludes halogenated alkanes) is 1. The van der Waals surface area contributed by atoms with Crippen molar-refractivity contribution in [2.75, 3.05) is 6.54 Å². The van der Waals surface area contributed by atoms with E-state index >= 15 is 0 Å². The number of hydrogen-bond donors (Lipinski definition) is 3. The van der Waals surface area contributed by atoms with Gasteiger partial charge in [-0.1, -0.05) is 6.07 Å². The Morgan fingerprint density at radius 1 is 1.39 bits per heavy atom. The second kappa shape index (κ2) is 7.02. The lowest BCUT2D eigenvalue weighted by molar-refractivity contribution is -0.116. The predicted octanol–water partition coefficient (Wildman–Crippen LogP) is 1.64. The average Bonchev–Trinajstić information content (AvgIpc) is 2.36. The summed E-state index contributed by atoms with van der Waals surface area (Å²) in [4.78, 5) is 11.4. The van der Waals surface area contributed by atoms with E-state index in [0.717, 1.165) is 6.42 Å². The van der Waals surface area contributed by atoms with E-state index in [-0.39, 0.29) is 17.4 Å². The summed E-state index contributed by atoms with van der Waals surface area (Å²) in [5.41, 5.74) is 0.629. The Morgan fingerprint density at radius 3 is 2.83 bits per heavy atom. The third-order valence-corrected chi connectivity index (χ3v) is 2.22. The molecule has 0 aliphatic rings. The molecule has 0 saturated heterocycles. The van der Waals surface area contributed by atoms with Crippen molar-refractivity contribution in [1.82, 2.24) is 5.32 Å². The SMILES string of the molecule is C#CCCCNC(=O)/C=C/c1ccc(O)c(O)c1. The molecular weight excluding hydrogens is 230 g/mol. The van der Waals surface area contributed by atoms with Gasteiger partial charge in [-0.3, -0.25) is 4.79 Å². The van der Waals surface area contributed by atoms with Crippen molar-refractivity contribution in [3.63, 3.8) is 0 Å². The second-order valence-electron chi connectivity index (χ2n) is 3.68. The summed E-state index contributed by atoms with van der Waals surface area (Å²) < 4.78 is 0. The van der Waals surface area contributed by atoms with Gasteiger partial charge >= 0.3 is 0 Å². The first-order valence-electron chi connectivity index (χ1n) is 5.55. The summed E-state index contributed by atoms with van der Waals surface area (Å²) in [7, 11) is 0. The molecule has 0 atom stereocenters. The average molecular weight is 245 g/mol. The monoisotopic (exact) mass is 245 g/mol. The Kier molecular flexibility index (Phi) is 5.33. The lowest BCUT2D eigenvalue weighted by atomic mass is 10.2. The molecule has 0 radical (unpaired) electrons. The van der Waals surface area contributed by atoms with Crippen LogP contribution in [0.4, 0.5) is 0 Å². The van der Waals surface area contributed by atoms with Crippen LogP contribution in [0, 0.1) is 12.3 Å². The van der Waals surface area contributed by atoms with Crippen LogP contribution in [-0.4, -0.2) is 22.7 Å². The van der Waals surface area contributed by atoms with Crippen LogP contribution in [0.1, 0.15) is 18.4 Å². The maximum Gasteiger partial charge on any atom is 0.243 e. The van der Waals surface area contributed by atoms with Gasteiger partial charge in [-0.25, -0.2) is 0 Å². The Morgan fingerprint density at radius 2 is 2.17 bits per heavy atom. The van der Waals surface area contributed by atoms with Crippen LogP contribution in [0.15, 0.2) is 24.3 Å². The van der Waals surface area contributed by atoms with Gasteiger partial charge in [0.25, 0.3) is 0 Å². The zero-order valence-corrected chi connectivity index (χ0v) is 9.89. The first-order chi connectivity index (χ1) is 8.63. The van der Waals surface area contributed by atoms with Crippen molar-refractivity contribution >= 4 is 12.0 Å². The van der Waals surface area contributed by atoms with Gasteiger partial charge in [0.1, 0.15) is 0 Å². The minimum absolute atomic E-state index is 0.189. The van der Waals surface area contributed by atoms with Crippen LogP contribution >= 0.6 is 0 Å². The van der Waals surface area contributed by atoms with E-state index in [1.165, 1.54) is 18.2 Å². The molecule has 4 nitrogen and oxygen atoms in total. The number of nitrogens with one attached hydrogen (secondary N) is 1. The van der Waals surface area contributed by atoms with Gasteiger partial charge in [0.15, 0.2) is 11.5 Å². The lowest BCUT2D eigenvalue weighted by Crippen LogP contribution is -2.21. The fraction of sp³-hybridized carbons (Fsp3) is 0.214. The fourth-order valence-electron chi connectivity index (χ4n) is 1.28. The van der Waals surface area contributed by atoms with E-state index in [4.69, 9.17) is 11.5 Å². The second-order valence-corrected chi connectivity index (χ2v) is 3.68. The molecule has 94 valence electrons. The molecule has 1 aromatic rings. The van der Waals surface area contributed by atoms with Gasteiger partial charge in [-0.05, 0) is 30.2 Å². The fourth-order valence-corrected chi connectivity index (χ4v) is 1.28. The van der Waals surface area contributed by atoms with E-state index in [1.807, 2.05) is 0 Å². The molecule has 1 rings (SSSR count). The van der Waals surface area contributed by atoms with E-state index in [0.29, 0.717) is 18.5 Å². The van der Waals surface area contributed by atoms with E-state index in [9.17, 15) is 9.90 Å². The molecule has 0 bridgehead atoms. The normalized spacial score (nSPS) is 10.2. The minimum Gasteiger partial charge on any atom is -0.504 e. The van der Waals surface area contributed by atoms with Crippen molar-refractivity contribution in [3.05, 3.63) is 29.8 Å². The van der Waals surface area contributed by atoms with E-state index in [2.05, 4.69) is 11.2 Å². The molecule has 3 N–H and O–H groups in total. The van der Waals surface area contributed by atoms with Gasteiger partial charge in [0, 0.05) is 19.0 Å². The number of aromatic hydroxyl groups is 2. The summed E-state index contributed by atoms with van der Waals surface area (Å²) >= 11 is 0. The van der Waals surface area contributed by atoms with Crippen molar-refractivity contribution in [3.8, 4) is 23.8 Å². The maximum atomic E-state index is 11.4. The van der Waals surface area contributed by atoms with Crippen molar-refractivity contribution in [1.29, 1.82) is 0 Å². The highest BCUT2D eigenvalue weighted by molar-refractivity contribution is 5.91. The third-order valence-electron chi connectivity index (χ3n) is 2.22. The number of terminal acetylenes is 1. The molecule has 1 aromatic carbocycles. The molecule has 18 heavy (non-hydrogen) atoms. The quantitative estimate of drug-likeness (QED) is 0.320. The summed E-state index contributed by atoms with van der Waals surface area (Å²) in [6.45, 7) is 0.536. The first-order valence-corrected chi connectivity index (χ1v) is 5.55. The number of amides is 1. The van der Waals surface area contributed by atoms with Gasteiger partial charge in [-0.2, -0.15) is 0 Å². The lowest BCUT2D eigenvalue weighted by Gasteiger charge is -2.00. The van der Waals surface area contributed by atoms with Gasteiger partial charge < -0.3 is 15.5 Å². The Bertz CT molecular complexity index is 486. The maximum absolute atomic E-state index is 11.4. The molecule has 0 saturated carbocycles. The number of phenolic OH excluding ortho intramolecular Hbond substituents is 2. The minimum atomic E-state index is -0.223. The number of carbonyl (C=O) groups excluding carboxylic acids is 1. The Hall–Kier alpha value is -2.41. The summed E-state index contributed by atoms with van der Waals surface area (Å²) in [6, 6.07) is 4.33. The standard InChI is InChI=1S/C14H15NO3/c1-2-3-4-9-15-14(18)8-6-11-5-7-12(16)13(17)10-11/h1,5-8,10,16-17H,3-4,9H2,(H,15,18)/b8-6+. The molecule has 0 aliphatic heterocycles. The molecule has 0 unspecified atom stereocenters. The molecule has 1 amide bonds. The van der Waals surface area contributed by atoms with Gasteiger partial charge in [0.05, 0.1) is 0 Å². The number of benzene rings is 1. The topological polar surface area (TPSA) is 69.6 Å². The number of hydrogen-bond acceptors (Lipinski definition) is 3. The predicted molar refractivity (Wildman–Crippen MR) is 69.9 cm³/mol. The highest BCUT2D eigenvalue weighted by Gasteiger charge is 1.99. The van der Waals surface area contributed by atoms with Gasteiger partial charge in [0.2, 0.25) is 5.91 Å². The summed E-state index contributed by atoms with van der Waals surface area (Å²) in [6.07, 6.45) is 9.38. The van der Waals surface area contributed by atoms with Crippen LogP contribution < -0.4 is 5.32 Å². The van der Waals surface area contributed by atoms with E-state index < -0.39 is 0 Å². The molecule has 0 fully saturated rings. The Labute approximate surface area is 106 Å². The Balaban J connectivity index is 2.46. The van der Waals surface area contributed by atoms with E-state index in [1.54, 1.807) is 12.1 Å². The van der Waals surface area contributed by atoms with Gasteiger partial charge in [-0.15, -0.1) is 12.3 Å².